The Hall–Kier alpha value is -2.36. The van der Waals surface area contributed by atoms with Gasteiger partial charge in [0.15, 0.2) is 0 Å². The second kappa shape index (κ2) is 17.1. The molecular formula is C33H56N4O5. The molecule has 0 bridgehead atoms. The number of aliphatic hydroxyl groups excluding tert-OH is 1. The minimum atomic E-state index is -0.403. The summed E-state index contributed by atoms with van der Waals surface area (Å²) in [5.41, 5.74) is 0.883. The van der Waals surface area contributed by atoms with Crippen molar-refractivity contribution in [2.24, 2.45) is 11.8 Å². The second-order valence-corrected chi connectivity index (χ2v) is 13.0. The van der Waals surface area contributed by atoms with Gasteiger partial charge in [-0.1, -0.05) is 26.2 Å². The van der Waals surface area contributed by atoms with Crippen molar-refractivity contribution < 1.29 is 24.2 Å². The van der Waals surface area contributed by atoms with Crippen molar-refractivity contribution in [3.05, 3.63) is 23.8 Å². The topological polar surface area (TPSA) is 103 Å². The first-order valence-corrected chi connectivity index (χ1v) is 16.2. The van der Waals surface area contributed by atoms with Gasteiger partial charge in [-0.05, 0) is 91.0 Å². The highest BCUT2D eigenvalue weighted by Crippen LogP contribution is 2.29. The van der Waals surface area contributed by atoms with Crippen LogP contribution in [0.5, 0.6) is 5.75 Å². The zero-order valence-corrected chi connectivity index (χ0v) is 26.9. The van der Waals surface area contributed by atoms with Gasteiger partial charge >= 0.3 is 6.03 Å². The van der Waals surface area contributed by atoms with Crippen LogP contribution in [-0.2, 0) is 4.74 Å². The molecule has 2 aliphatic rings. The van der Waals surface area contributed by atoms with Gasteiger partial charge in [0.1, 0.15) is 5.75 Å². The average Bonchev–Trinajstić information content (AvgIpc) is 2.94. The summed E-state index contributed by atoms with van der Waals surface area (Å²) in [6, 6.07) is 4.45. The van der Waals surface area contributed by atoms with Crippen molar-refractivity contribution >= 4 is 17.6 Å². The van der Waals surface area contributed by atoms with Gasteiger partial charge in [-0.15, -0.1) is 0 Å². The van der Waals surface area contributed by atoms with Crippen LogP contribution in [0.25, 0.3) is 0 Å². The van der Waals surface area contributed by atoms with Crippen LogP contribution in [0.4, 0.5) is 10.5 Å². The lowest BCUT2D eigenvalue weighted by molar-refractivity contribution is -0.0190. The molecule has 0 saturated heterocycles. The molecule has 0 spiro atoms. The van der Waals surface area contributed by atoms with Crippen LogP contribution >= 0.6 is 0 Å². The molecule has 1 aromatic carbocycles. The number of amides is 3. The van der Waals surface area contributed by atoms with E-state index in [1.165, 1.54) is 32.1 Å². The van der Waals surface area contributed by atoms with Crippen molar-refractivity contribution in [1.29, 1.82) is 0 Å². The van der Waals surface area contributed by atoms with Gasteiger partial charge in [0.25, 0.3) is 5.91 Å². The number of likely N-dealkylation sites (N-methyl/N-ethyl adjacent to an activating group) is 1. The molecule has 0 unspecified atom stereocenters. The lowest BCUT2D eigenvalue weighted by atomic mass is 9.89. The van der Waals surface area contributed by atoms with E-state index in [9.17, 15) is 14.7 Å². The van der Waals surface area contributed by atoms with Gasteiger partial charge in [0, 0.05) is 43.9 Å². The Labute approximate surface area is 253 Å². The Morgan fingerprint density at radius 1 is 1.07 bits per heavy atom. The molecule has 42 heavy (non-hydrogen) atoms. The van der Waals surface area contributed by atoms with Gasteiger partial charge in [-0.25, -0.2) is 4.79 Å². The molecule has 4 atom stereocenters. The third-order valence-corrected chi connectivity index (χ3v) is 8.52. The molecule has 1 aliphatic carbocycles. The highest BCUT2D eigenvalue weighted by atomic mass is 16.5. The lowest BCUT2D eigenvalue weighted by Crippen LogP contribution is -2.47. The number of ether oxygens (including phenoxy) is 2. The van der Waals surface area contributed by atoms with Gasteiger partial charge in [0.2, 0.25) is 0 Å². The predicted octanol–water partition coefficient (Wildman–Crippen LogP) is 5.52. The fourth-order valence-corrected chi connectivity index (χ4v) is 6.08. The molecule has 3 rings (SSSR count). The Balaban J connectivity index is 1.87. The van der Waals surface area contributed by atoms with Gasteiger partial charge in [0.05, 0.1) is 30.4 Å². The number of aliphatic hydroxyl groups is 1. The summed E-state index contributed by atoms with van der Waals surface area (Å²) in [4.78, 5) is 30.8. The highest BCUT2D eigenvalue weighted by molar-refractivity contribution is 5.99. The average molecular weight is 589 g/mol. The number of fused-ring (bicyclic) bond motifs is 1. The standard InChI is InChI=1S/C33H56N4O5/c1-23(2)34-33(40)35-28-15-16-30-29(18-28)32(39)37(25(4)22-38)19-24(3)31(41-17-11-10-12-26(5)42-30)21-36(6)20-27-13-8-7-9-14-27/h15-16,18,23-27,31,38H,7-14,17,19-22H2,1-6H3,(H2,34,35,40)/t24-,25+,26-,31-/m0/s1. The van der Waals surface area contributed by atoms with Gasteiger partial charge in [-0.2, -0.15) is 0 Å². The normalized spacial score (nSPS) is 24.1. The monoisotopic (exact) mass is 588 g/mol. The van der Waals surface area contributed by atoms with E-state index in [1.54, 1.807) is 23.1 Å². The van der Waals surface area contributed by atoms with Crippen LogP contribution < -0.4 is 15.4 Å². The van der Waals surface area contributed by atoms with Crippen molar-refractivity contribution in [3.63, 3.8) is 0 Å². The van der Waals surface area contributed by atoms with E-state index in [1.807, 2.05) is 27.7 Å². The number of nitrogens with one attached hydrogen (secondary N) is 2. The SMILES string of the molecule is CC(C)NC(=O)Nc1ccc2c(c1)C(=O)N([C@H](C)CO)C[C@H](C)[C@H](CN(C)CC1CCCCC1)OCCCC[C@H](C)O2. The summed E-state index contributed by atoms with van der Waals surface area (Å²) in [7, 11) is 2.19. The zero-order chi connectivity index (χ0) is 30.6. The smallest absolute Gasteiger partial charge is 0.319 e. The third kappa shape index (κ3) is 10.7. The maximum Gasteiger partial charge on any atom is 0.319 e. The summed E-state index contributed by atoms with van der Waals surface area (Å²) in [6.45, 7) is 12.6. The number of hydrogen-bond donors (Lipinski definition) is 3. The molecule has 9 heteroatoms. The van der Waals surface area contributed by atoms with Crippen LogP contribution in [0.3, 0.4) is 0 Å². The molecule has 1 aliphatic heterocycles. The summed E-state index contributed by atoms with van der Waals surface area (Å²) < 4.78 is 12.8. The van der Waals surface area contributed by atoms with Crippen LogP contribution in [0.2, 0.25) is 0 Å². The quantitative estimate of drug-likeness (QED) is 0.369. The van der Waals surface area contributed by atoms with E-state index >= 15 is 0 Å². The molecule has 3 amide bonds. The molecule has 0 aromatic heterocycles. The fourth-order valence-electron chi connectivity index (χ4n) is 6.08. The number of carbonyl (C=O) groups is 2. The van der Waals surface area contributed by atoms with E-state index in [2.05, 4.69) is 29.5 Å². The lowest BCUT2D eigenvalue weighted by Gasteiger charge is -2.36. The van der Waals surface area contributed by atoms with E-state index < -0.39 is 6.04 Å². The van der Waals surface area contributed by atoms with Crippen molar-refractivity contribution in [1.82, 2.24) is 15.1 Å². The Morgan fingerprint density at radius 2 is 1.79 bits per heavy atom. The Bertz CT molecular complexity index is 983. The highest BCUT2D eigenvalue weighted by Gasteiger charge is 2.31. The molecule has 1 heterocycles. The Kier molecular flexibility index (Phi) is 13.9. The molecule has 238 valence electrons. The number of carbonyl (C=O) groups excluding carboxylic acids is 2. The largest absolute Gasteiger partial charge is 0.490 e. The first-order chi connectivity index (χ1) is 20.1. The molecule has 3 N–H and O–H groups in total. The molecule has 1 fully saturated rings. The molecule has 1 aromatic rings. The minimum absolute atomic E-state index is 0.0209. The van der Waals surface area contributed by atoms with Gasteiger partial charge < -0.3 is 35.0 Å². The maximum absolute atomic E-state index is 14.2. The fraction of sp³-hybridized carbons (Fsp3) is 0.758. The van der Waals surface area contributed by atoms with Gasteiger partial charge in [-0.3, -0.25) is 4.79 Å². The van der Waals surface area contributed by atoms with Crippen LogP contribution in [0.15, 0.2) is 18.2 Å². The van der Waals surface area contributed by atoms with E-state index in [-0.39, 0.29) is 42.7 Å². The minimum Gasteiger partial charge on any atom is -0.490 e. The van der Waals surface area contributed by atoms with Crippen molar-refractivity contribution in [3.8, 4) is 5.75 Å². The zero-order valence-electron chi connectivity index (χ0n) is 26.9. The molecule has 0 radical (unpaired) electrons. The molecular weight excluding hydrogens is 532 g/mol. The van der Waals surface area contributed by atoms with Crippen molar-refractivity contribution in [2.75, 3.05) is 45.2 Å². The second-order valence-electron chi connectivity index (χ2n) is 13.0. The van der Waals surface area contributed by atoms with E-state index in [0.717, 1.165) is 38.3 Å². The number of nitrogens with zero attached hydrogens (tertiary/aromatic N) is 2. The number of hydrogen-bond acceptors (Lipinski definition) is 6. The Morgan fingerprint density at radius 3 is 2.48 bits per heavy atom. The first-order valence-electron chi connectivity index (χ1n) is 16.2. The summed E-state index contributed by atoms with van der Waals surface area (Å²) in [6.07, 6.45) is 9.23. The van der Waals surface area contributed by atoms with Crippen molar-refractivity contribution in [2.45, 2.75) is 110 Å². The van der Waals surface area contributed by atoms with E-state index in [0.29, 0.717) is 30.2 Å². The van der Waals surface area contributed by atoms with Crippen LogP contribution in [-0.4, -0.2) is 91.0 Å². The summed E-state index contributed by atoms with van der Waals surface area (Å²) in [5.74, 6) is 1.04. The first kappa shape index (κ1) is 34.1. The molecule has 1 saturated carbocycles. The number of rotatable bonds is 8. The van der Waals surface area contributed by atoms with Crippen LogP contribution in [0.1, 0.15) is 96.3 Å². The number of urea groups is 1. The molecule has 9 nitrogen and oxygen atoms in total. The number of benzene rings is 1. The summed E-state index contributed by atoms with van der Waals surface area (Å²) in [5, 5.41) is 15.8. The third-order valence-electron chi connectivity index (χ3n) is 8.52. The van der Waals surface area contributed by atoms with Crippen LogP contribution in [0, 0.1) is 11.8 Å². The number of anilines is 1. The van der Waals surface area contributed by atoms with E-state index in [4.69, 9.17) is 9.47 Å². The summed E-state index contributed by atoms with van der Waals surface area (Å²) >= 11 is 0. The predicted molar refractivity (Wildman–Crippen MR) is 168 cm³/mol. The maximum atomic E-state index is 14.2.